The maximum Gasteiger partial charge on any atom is 0.417 e. The lowest BCUT2D eigenvalue weighted by molar-refractivity contribution is -0.137. The molecule has 2 aromatic heterocycles. The van der Waals surface area contributed by atoms with E-state index in [2.05, 4.69) is 30.9 Å². The van der Waals surface area contributed by atoms with Crippen LogP contribution in [0.2, 0.25) is 5.02 Å². The van der Waals surface area contributed by atoms with Gasteiger partial charge in [0.05, 0.1) is 10.6 Å². The molecule has 0 radical (unpaired) electrons. The fourth-order valence-corrected chi connectivity index (χ4v) is 3.77. The second-order valence-electron chi connectivity index (χ2n) is 8.81. The summed E-state index contributed by atoms with van der Waals surface area (Å²) in [5.41, 5.74) is 0.854. The zero-order valence-electron chi connectivity index (χ0n) is 20.3. The van der Waals surface area contributed by atoms with Crippen molar-refractivity contribution in [3.05, 3.63) is 65.7 Å². The van der Waals surface area contributed by atoms with Crippen LogP contribution in [-0.2, 0) is 11.0 Å². The third-order valence-electron chi connectivity index (χ3n) is 5.47. The quantitative estimate of drug-likeness (QED) is 0.245. The number of halogens is 4. The van der Waals surface area contributed by atoms with Crippen molar-refractivity contribution < 1.29 is 22.8 Å². The molecule has 9 nitrogen and oxygen atoms in total. The zero-order valence-corrected chi connectivity index (χ0v) is 21.1. The molecule has 0 saturated carbocycles. The van der Waals surface area contributed by atoms with Crippen LogP contribution in [-0.4, -0.2) is 31.5 Å². The lowest BCUT2D eigenvalue weighted by atomic mass is 10.1. The summed E-state index contributed by atoms with van der Waals surface area (Å²) < 4.78 is 40.9. The van der Waals surface area contributed by atoms with E-state index >= 15 is 0 Å². The molecule has 0 fully saturated rings. The maximum absolute atomic E-state index is 13.1. The number of alkyl halides is 3. The summed E-state index contributed by atoms with van der Waals surface area (Å²) in [6.45, 7) is 4.08. The minimum Gasteiger partial charge on any atom is -0.309 e. The molecule has 0 aliphatic heterocycles. The van der Waals surface area contributed by atoms with Gasteiger partial charge in [0.2, 0.25) is 5.91 Å². The lowest BCUT2D eigenvalue weighted by Crippen LogP contribution is -2.20. The molecule has 3 amide bonds. The van der Waals surface area contributed by atoms with Crippen LogP contribution in [0.1, 0.15) is 32.3 Å². The predicted octanol–water partition coefficient (Wildman–Crippen LogP) is 6.51. The number of anilines is 3. The van der Waals surface area contributed by atoms with E-state index in [4.69, 9.17) is 11.6 Å². The van der Waals surface area contributed by atoms with Gasteiger partial charge in [-0.2, -0.15) is 13.2 Å². The van der Waals surface area contributed by atoms with Gasteiger partial charge in [0.25, 0.3) is 0 Å². The molecule has 0 atom stereocenters. The Balaban J connectivity index is 1.45. The van der Waals surface area contributed by atoms with Gasteiger partial charge in [0, 0.05) is 23.5 Å². The number of carbonyl (C=O) groups excluding carboxylic acids is 2. The van der Waals surface area contributed by atoms with Crippen molar-refractivity contribution in [2.45, 2.75) is 32.9 Å². The highest BCUT2D eigenvalue weighted by Gasteiger charge is 2.33. The monoisotopic (exact) mass is 545 g/mol. The van der Waals surface area contributed by atoms with Crippen LogP contribution in [0, 0.1) is 5.92 Å². The first-order valence-corrected chi connectivity index (χ1v) is 11.9. The molecule has 13 heteroatoms. The number of nitrogens with one attached hydrogen (secondary N) is 3. The number of hydrogen-bond acceptors (Lipinski definition) is 5. The number of nitrogens with zero attached hydrogens (tertiary/aromatic N) is 4. The van der Waals surface area contributed by atoms with E-state index in [1.54, 1.807) is 28.8 Å². The number of aromatic nitrogens is 4. The number of amides is 3. The summed E-state index contributed by atoms with van der Waals surface area (Å²) in [6, 6.07) is 8.99. The molecule has 4 aromatic rings. The average Bonchev–Trinajstić information content (AvgIpc) is 3.29. The van der Waals surface area contributed by atoms with Crippen LogP contribution in [0.5, 0.6) is 0 Å². The van der Waals surface area contributed by atoms with Crippen molar-refractivity contribution in [1.82, 2.24) is 19.5 Å². The molecule has 2 aromatic carbocycles. The smallest absolute Gasteiger partial charge is 0.309 e. The number of hydrogen-bond donors (Lipinski definition) is 3. The van der Waals surface area contributed by atoms with Gasteiger partial charge in [0.1, 0.15) is 12.7 Å². The van der Waals surface area contributed by atoms with E-state index in [0.29, 0.717) is 40.7 Å². The molecule has 4 rings (SSSR count). The number of urea groups is 1. The van der Waals surface area contributed by atoms with Crippen LogP contribution >= 0.6 is 11.6 Å². The van der Waals surface area contributed by atoms with Crippen molar-refractivity contribution in [2.75, 3.05) is 16.0 Å². The highest BCUT2D eigenvalue weighted by atomic mass is 35.5. The summed E-state index contributed by atoms with van der Waals surface area (Å²) in [6.07, 6.45) is -0.658. The first-order valence-electron chi connectivity index (χ1n) is 11.5. The summed E-state index contributed by atoms with van der Waals surface area (Å²) in [5, 5.41) is 7.24. The Bertz CT molecular complexity index is 1470. The summed E-state index contributed by atoms with van der Waals surface area (Å²) in [7, 11) is 0. The average molecular weight is 546 g/mol. The van der Waals surface area contributed by atoms with Gasteiger partial charge in [-0.3, -0.25) is 9.36 Å². The number of benzene rings is 2. The number of fused-ring (bicyclic) bond motifs is 1. The van der Waals surface area contributed by atoms with E-state index in [9.17, 15) is 22.8 Å². The highest BCUT2D eigenvalue weighted by molar-refractivity contribution is 6.31. The standard InChI is InChI=1S/C25H23ClF3N7O2/c1-14(2)3-10-20(37)35-22-21-23(31-12-30-22)36(13-32-21)17-7-4-15(5-8-17)33-24(38)34-16-6-9-19(26)18(11-16)25(27,28)29/h4-9,11-14H,3,10H2,1-2H3,(H2,33,34,38)(H,30,31,35,37). The van der Waals surface area contributed by atoms with Gasteiger partial charge in [-0.05, 0) is 54.8 Å². The SMILES string of the molecule is CC(C)CCC(=O)Nc1ncnc2c1ncn2-c1ccc(NC(=O)Nc2ccc(Cl)c(C(F)(F)F)c2)cc1. The maximum atomic E-state index is 13.1. The van der Waals surface area contributed by atoms with E-state index < -0.39 is 22.8 Å². The third kappa shape index (κ3) is 6.38. The van der Waals surface area contributed by atoms with Gasteiger partial charge in [-0.25, -0.2) is 19.7 Å². The van der Waals surface area contributed by atoms with Crippen molar-refractivity contribution >= 4 is 51.9 Å². The molecule has 3 N–H and O–H groups in total. The molecule has 198 valence electrons. The fraction of sp³-hybridized carbons (Fsp3) is 0.240. The van der Waals surface area contributed by atoms with E-state index in [0.717, 1.165) is 18.6 Å². The fourth-order valence-electron chi connectivity index (χ4n) is 3.55. The molecule has 0 unspecified atom stereocenters. The topological polar surface area (TPSA) is 114 Å². The van der Waals surface area contributed by atoms with Gasteiger partial charge in [-0.15, -0.1) is 0 Å². The van der Waals surface area contributed by atoms with E-state index in [1.165, 1.54) is 18.7 Å². The van der Waals surface area contributed by atoms with Crippen molar-refractivity contribution in [3.63, 3.8) is 0 Å². The molecule has 0 aliphatic carbocycles. The van der Waals surface area contributed by atoms with Crippen molar-refractivity contribution in [2.24, 2.45) is 5.92 Å². The van der Waals surface area contributed by atoms with Crippen molar-refractivity contribution in [3.8, 4) is 5.69 Å². The Hall–Kier alpha value is -4.19. The normalized spacial score (nSPS) is 11.6. The Morgan fingerprint density at radius 2 is 1.66 bits per heavy atom. The lowest BCUT2D eigenvalue weighted by Gasteiger charge is -2.12. The van der Waals surface area contributed by atoms with Gasteiger partial charge >= 0.3 is 12.2 Å². The number of imidazole rings is 1. The molecule has 0 spiro atoms. The molecule has 0 bridgehead atoms. The van der Waals surface area contributed by atoms with Crippen LogP contribution in [0.15, 0.2) is 55.1 Å². The number of rotatable bonds is 7. The summed E-state index contributed by atoms with van der Waals surface area (Å²) >= 11 is 5.61. The second-order valence-corrected chi connectivity index (χ2v) is 9.22. The first kappa shape index (κ1) is 26.9. The van der Waals surface area contributed by atoms with Crippen LogP contribution in [0.3, 0.4) is 0 Å². The molecule has 38 heavy (non-hydrogen) atoms. The van der Waals surface area contributed by atoms with E-state index in [1.807, 2.05) is 13.8 Å². The molecule has 2 heterocycles. The number of carbonyl (C=O) groups is 2. The van der Waals surface area contributed by atoms with Crippen LogP contribution < -0.4 is 16.0 Å². The van der Waals surface area contributed by atoms with E-state index in [-0.39, 0.29) is 11.6 Å². The second kappa shape index (κ2) is 11.1. The molecular formula is C25H23ClF3N7O2. The Morgan fingerprint density at radius 3 is 2.34 bits per heavy atom. The van der Waals surface area contributed by atoms with Gasteiger partial charge in [0.15, 0.2) is 17.0 Å². The highest BCUT2D eigenvalue weighted by Crippen LogP contribution is 2.36. The summed E-state index contributed by atoms with van der Waals surface area (Å²) in [4.78, 5) is 37.3. The molecular weight excluding hydrogens is 523 g/mol. The van der Waals surface area contributed by atoms with Crippen LogP contribution in [0.4, 0.5) is 35.2 Å². The van der Waals surface area contributed by atoms with Crippen LogP contribution in [0.25, 0.3) is 16.9 Å². The molecule has 0 aliphatic rings. The van der Waals surface area contributed by atoms with Gasteiger partial charge < -0.3 is 16.0 Å². The minimum atomic E-state index is -4.65. The zero-order chi connectivity index (χ0) is 27.4. The third-order valence-corrected chi connectivity index (χ3v) is 5.80. The Labute approximate surface area is 220 Å². The molecule has 0 saturated heterocycles. The Kier molecular flexibility index (Phi) is 7.81. The predicted molar refractivity (Wildman–Crippen MR) is 138 cm³/mol. The minimum absolute atomic E-state index is 0.0625. The first-order chi connectivity index (χ1) is 18.0. The largest absolute Gasteiger partial charge is 0.417 e. The summed E-state index contributed by atoms with van der Waals surface area (Å²) in [5.74, 6) is 0.553. The van der Waals surface area contributed by atoms with Gasteiger partial charge in [-0.1, -0.05) is 25.4 Å². The Morgan fingerprint density at radius 1 is 0.974 bits per heavy atom. The van der Waals surface area contributed by atoms with Crippen molar-refractivity contribution in [1.29, 1.82) is 0 Å².